The van der Waals surface area contributed by atoms with Gasteiger partial charge in [-0.3, -0.25) is 9.59 Å². The van der Waals surface area contributed by atoms with Gasteiger partial charge in [-0.05, 0) is 12.8 Å². The maximum absolute atomic E-state index is 11.9. The second-order valence-electron chi connectivity index (χ2n) is 11.5. The minimum atomic E-state index is -0.325. The van der Waals surface area contributed by atoms with Gasteiger partial charge in [-0.25, -0.2) is 0 Å². The summed E-state index contributed by atoms with van der Waals surface area (Å²) in [6, 6.07) is 0. The summed E-state index contributed by atoms with van der Waals surface area (Å²) in [5.74, 6) is -0.650. The van der Waals surface area contributed by atoms with Crippen molar-refractivity contribution in [1.29, 1.82) is 0 Å². The van der Waals surface area contributed by atoms with Gasteiger partial charge in [0.2, 0.25) is 0 Å². The minimum Gasteiger partial charge on any atom is -1.00 e. The standard InChI is InChI=1S/C34H66O3.2K.2H/c1-3-5-7-9-11-13-15-17-18-20-22-24-26-28-30-32-34(36)37-33(35)31-29-27-25-23-21-19-16-14-12-10-8-6-4-2;;;;/h3-32H2,1-2H3;;;;/q;2*+1;2*-1. The van der Waals surface area contributed by atoms with Crippen molar-refractivity contribution in [2.24, 2.45) is 0 Å². The predicted molar refractivity (Wildman–Crippen MR) is 163 cm³/mol. The van der Waals surface area contributed by atoms with Crippen LogP contribution in [0.4, 0.5) is 0 Å². The first-order chi connectivity index (χ1) is 18.2. The van der Waals surface area contributed by atoms with E-state index in [2.05, 4.69) is 13.8 Å². The zero-order valence-corrected chi connectivity index (χ0v) is 33.7. The summed E-state index contributed by atoms with van der Waals surface area (Å²) in [5.41, 5.74) is 0. The molecule has 0 fully saturated rings. The Labute approximate surface area is 333 Å². The van der Waals surface area contributed by atoms with E-state index in [9.17, 15) is 9.59 Å². The summed E-state index contributed by atoms with van der Waals surface area (Å²) in [7, 11) is 0. The molecule has 0 aliphatic rings. The third-order valence-corrected chi connectivity index (χ3v) is 7.70. The molecule has 39 heavy (non-hydrogen) atoms. The Kier molecular flexibility index (Phi) is 47.5. The molecule has 0 saturated heterocycles. The molecule has 3 nitrogen and oxygen atoms in total. The van der Waals surface area contributed by atoms with E-state index in [0.717, 1.165) is 25.7 Å². The number of hydrogen-bond donors (Lipinski definition) is 0. The molecule has 0 amide bonds. The molecule has 0 aromatic rings. The van der Waals surface area contributed by atoms with Crippen molar-refractivity contribution in [3.05, 3.63) is 0 Å². The van der Waals surface area contributed by atoms with Gasteiger partial charge >= 0.3 is 115 Å². The van der Waals surface area contributed by atoms with Crippen LogP contribution in [0.25, 0.3) is 0 Å². The molecule has 0 radical (unpaired) electrons. The Morgan fingerprint density at radius 2 is 0.538 bits per heavy atom. The number of unbranched alkanes of at least 4 members (excludes halogenated alkanes) is 26. The van der Waals surface area contributed by atoms with E-state index in [4.69, 9.17) is 4.74 Å². The molecular formula is C34H68K2O3. The van der Waals surface area contributed by atoms with Crippen LogP contribution in [-0.2, 0) is 14.3 Å². The van der Waals surface area contributed by atoms with Crippen molar-refractivity contribution in [1.82, 2.24) is 0 Å². The van der Waals surface area contributed by atoms with Gasteiger partial charge < -0.3 is 7.59 Å². The Bertz CT molecular complexity index is 497. The van der Waals surface area contributed by atoms with Gasteiger partial charge in [-0.1, -0.05) is 181 Å². The van der Waals surface area contributed by atoms with Crippen molar-refractivity contribution in [3.63, 3.8) is 0 Å². The largest absolute Gasteiger partial charge is 1.00 e. The zero-order valence-electron chi connectivity index (χ0n) is 29.4. The third kappa shape index (κ3) is 40.4. The molecule has 0 unspecified atom stereocenters. The van der Waals surface area contributed by atoms with Gasteiger partial charge in [0.05, 0.1) is 0 Å². The Hall–Kier alpha value is 2.41. The molecule has 0 aliphatic heterocycles. The van der Waals surface area contributed by atoms with Gasteiger partial charge in [-0.2, -0.15) is 0 Å². The molecule has 0 rings (SSSR count). The first kappa shape index (κ1) is 45.8. The Morgan fingerprint density at radius 1 is 0.359 bits per heavy atom. The normalized spacial score (nSPS) is 10.6. The maximum Gasteiger partial charge on any atom is 1.00 e. The van der Waals surface area contributed by atoms with Gasteiger partial charge in [0.25, 0.3) is 0 Å². The van der Waals surface area contributed by atoms with Gasteiger partial charge in [0.15, 0.2) is 0 Å². The van der Waals surface area contributed by atoms with Crippen LogP contribution in [0.3, 0.4) is 0 Å². The summed E-state index contributed by atoms with van der Waals surface area (Å²) < 4.78 is 5.00. The second-order valence-corrected chi connectivity index (χ2v) is 11.5. The summed E-state index contributed by atoms with van der Waals surface area (Å²) in [5, 5.41) is 0. The topological polar surface area (TPSA) is 43.4 Å². The summed E-state index contributed by atoms with van der Waals surface area (Å²) in [6.07, 6.45) is 37.2. The van der Waals surface area contributed by atoms with Crippen LogP contribution in [0, 0.1) is 0 Å². The fourth-order valence-corrected chi connectivity index (χ4v) is 5.16. The van der Waals surface area contributed by atoms with Crippen LogP contribution in [0.1, 0.15) is 209 Å². The van der Waals surface area contributed by atoms with E-state index in [-0.39, 0.29) is 118 Å². The van der Waals surface area contributed by atoms with E-state index in [1.807, 2.05) is 0 Å². The molecule has 0 atom stereocenters. The molecule has 0 spiro atoms. The van der Waals surface area contributed by atoms with E-state index in [1.54, 1.807) is 0 Å². The molecule has 0 bridgehead atoms. The molecular weight excluding hydrogens is 535 g/mol. The van der Waals surface area contributed by atoms with Gasteiger partial charge in [-0.15, -0.1) is 0 Å². The fourth-order valence-electron chi connectivity index (χ4n) is 5.16. The number of carbonyl (C=O) groups excluding carboxylic acids is 2. The van der Waals surface area contributed by atoms with Crippen molar-refractivity contribution >= 4 is 11.9 Å². The van der Waals surface area contributed by atoms with Crippen molar-refractivity contribution in [3.8, 4) is 0 Å². The van der Waals surface area contributed by atoms with Crippen molar-refractivity contribution < 1.29 is 120 Å². The average Bonchev–Trinajstić information content (AvgIpc) is 2.89. The fraction of sp³-hybridized carbons (Fsp3) is 0.941. The number of ether oxygens (including phenoxy) is 1. The molecule has 5 heteroatoms. The van der Waals surface area contributed by atoms with E-state index < -0.39 is 0 Å². The smallest absolute Gasteiger partial charge is 1.00 e. The Balaban J connectivity index is -0.00000108. The van der Waals surface area contributed by atoms with Crippen LogP contribution in [0.15, 0.2) is 0 Å². The SMILES string of the molecule is CCCCCCCCCCCCCCCCCC(=O)OC(=O)CCCCCCCCCCCCCCC.[H-].[H-].[K+].[K+]. The van der Waals surface area contributed by atoms with E-state index in [0.29, 0.717) is 12.8 Å². The molecule has 0 aromatic carbocycles. The zero-order chi connectivity index (χ0) is 27.1. The van der Waals surface area contributed by atoms with Crippen LogP contribution >= 0.6 is 0 Å². The van der Waals surface area contributed by atoms with E-state index >= 15 is 0 Å². The second kappa shape index (κ2) is 40.4. The summed E-state index contributed by atoms with van der Waals surface area (Å²) in [6.45, 7) is 4.55. The van der Waals surface area contributed by atoms with E-state index in [1.165, 1.54) is 154 Å². The molecule has 224 valence electrons. The van der Waals surface area contributed by atoms with Crippen molar-refractivity contribution in [2.75, 3.05) is 0 Å². The van der Waals surface area contributed by atoms with Crippen molar-refractivity contribution in [2.45, 2.75) is 206 Å². The van der Waals surface area contributed by atoms with Gasteiger partial charge in [0.1, 0.15) is 0 Å². The average molecular weight is 603 g/mol. The molecule has 0 saturated carbocycles. The predicted octanol–water partition coefficient (Wildman–Crippen LogP) is 6.03. The monoisotopic (exact) mass is 602 g/mol. The van der Waals surface area contributed by atoms with Crippen LogP contribution in [-0.4, -0.2) is 11.9 Å². The molecule has 0 N–H and O–H groups in total. The molecule has 0 heterocycles. The maximum atomic E-state index is 11.9. The van der Waals surface area contributed by atoms with Gasteiger partial charge in [0, 0.05) is 12.8 Å². The molecule has 0 aromatic heterocycles. The summed E-state index contributed by atoms with van der Waals surface area (Å²) in [4.78, 5) is 23.8. The summed E-state index contributed by atoms with van der Waals surface area (Å²) >= 11 is 0. The first-order valence-corrected chi connectivity index (χ1v) is 16.9. The Morgan fingerprint density at radius 3 is 0.744 bits per heavy atom. The number of rotatable bonds is 30. The first-order valence-electron chi connectivity index (χ1n) is 16.9. The number of carbonyl (C=O) groups is 2. The van der Waals surface area contributed by atoms with Crippen LogP contribution in [0.5, 0.6) is 0 Å². The number of esters is 2. The number of hydrogen-bond acceptors (Lipinski definition) is 3. The quantitative estimate of drug-likeness (QED) is 0.0436. The minimum absolute atomic E-state index is 0. The van der Waals surface area contributed by atoms with Crippen LogP contribution in [0.2, 0.25) is 0 Å². The van der Waals surface area contributed by atoms with Crippen LogP contribution < -0.4 is 103 Å². The third-order valence-electron chi connectivity index (χ3n) is 7.70. The molecule has 0 aliphatic carbocycles.